The van der Waals surface area contributed by atoms with E-state index in [0.717, 1.165) is 19.6 Å². The van der Waals surface area contributed by atoms with Gasteiger partial charge in [-0.25, -0.2) is 0 Å². The minimum Gasteiger partial charge on any atom is -0.347 e. The molecule has 0 spiro atoms. The highest BCUT2D eigenvalue weighted by Crippen LogP contribution is 2.53. The van der Waals surface area contributed by atoms with E-state index in [2.05, 4.69) is 34.6 Å². The Bertz CT molecular complexity index is 313. The quantitative estimate of drug-likeness (QED) is 0.634. The summed E-state index contributed by atoms with van der Waals surface area (Å²) >= 11 is 0. The monoisotopic (exact) mass is 224 g/mol. The molecule has 16 heavy (non-hydrogen) atoms. The van der Waals surface area contributed by atoms with E-state index in [-0.39, 0.29) is 5.41 Å². The van der Waals surface area contributed by atoms with E-state index in [4.69, 9.17) is 9.47 Å². The van der Waals surface area contributed by atoms with Crippen molar-refractivity contribution in [3.8, 4) is 0 Å². The van der Waals surface area contributed by atoms with E-state index in [1.165, 1.54) is 12.0 Å². The second-order valence-electron chi connectivity index (χ2n) is 5.75. The molecule has 0 aromatic rings. The van der Waals surface area contributed by atoms with Gasteiger partial charge in [0.2, 0.25) is 0 Å². The van der Waals surface area contributed by atoms with Crippen molar-refractivity contribution in [1.29, 1.82) is 0 Å². The van der Waals surface area contributed by atoms with Gasteiger partial charge in [-0.2, -0.15) is 0 Å². The number of allylic oxidation sites excluding steroid dienone is 2. The van der Waals surface area contributed by atoms with Crippen LogP contribution in [-0.4, -0.2) is 19.0 Å². The normalized spacial score (nSPS) is 39.2. The molecule has 0 amide bonds. The van der Waals surface area contributed by atoms with Crippen molar-refractivity contribution in [3.63, 3.8) is 0 Å². The molecular formula is C14H24O2. The minimum absolute atomic E-state index is 0.104. The van der Waals surface area contributed by atoms with Gasteiger partial charge in [0.25, 0.3) is 0 Å². The van der Waals surface area contributed by atoms with E-state index in [1.54, 1.807) is 5.57 Å². The van der Waals surface area contributed by atoms with Crippen molar-refractivity contribution in [2.45, 2.75) is 53.2 Å². The Morgan fingerprint density at radius 2 is 1.69 bits per heavy atom. The lowest BCUT2D eigenvalue weighted by atomic mass is 9.62. The molecule has 2 rings (SSSR count). The van der Waals surface area contributed by atoms with Crippen molar-refractivity contribution < 1.29 is 9.47 Å². The van der Waals surface area contributed by atoms with Gasteiger partial charge in [0.05, 0.1) is 13.2 Å². The van der Waals surface area contributed by atoms with Gasteiger partial charge in [0, 0.05) is 5.41 Å². The van der Waals surface area contributed by atoms with Crippen molar-refractivity contribution in [2.24, 2.45) is 11.3 Å². The maximum atomic E-state index is 5.89. The fourth-order valence-electron chi connectivity index (χ4n) is 3.17. The molecule has 1 heterocycles. The fraction of sp³-hybridized carbons (Fsp3) is 0.857. The van der Waals surface area contributed by atoms with Crippen LogP contribution in [0.4, 0.5) is 0 Å². The van der Waals surface area contributed by atoms with Crippen LogP contribution in [0.2, 0.25) is 0 Å². The van der Waals surface area contributed by atoms with Crippen LogP contribution in [0.15, 0.2) is 11.1 Å². The van der Waals surface area contributed by atoms with Gasteiger partial charge >= 0.3 is 0 Å². The maximum Gasteiger partial charge on any atom is 0.171 e. The van der Waals surface area contributed by atoms with Gasteiger partial charge < -0.3 is 9.47 Å². The Hall–Kier alpha value is -0.340. The lowest BCUT2D eigenvalue weighted by molar-refractivity contribution is -0.235. The number of ether oxygens (including phenoxy) is 2. The molecule has 2 unspecified atom stereocenters. The fourth-order valence-corrected chi connectivity index (χ4v) is 3.17. The Morgan fingerprint density at radius 1 is 1.12 bits per heavy atom. The lowest BCUT2D eigenvalue weighted by Gasteiger charge is -2.49. The summed E-state index contributed by atoms with van der Waals surface area (Å²) in [5, 5.41) is 0. The van der Waals surface area contributed by atoms with Gasteiger partial charge in [0.1, 0.15) is 0 Å². The van der Waals surface area contributed by atoms with Gasteiger partial charge in [0.15, 0.2) is 5.79 Å². The predicted molar refractivity (Wildman–Crippen MR) is 65.2 cm³/mol. The molecule has 1 saturated heterocycles. The van der Waals surface area contributed by atoms with Gasteiger partial charge in [-0.05, 0) is 39.5 Å². The standard InChI is InChI=1S/C14H24O2/c1-10-6-7-13(4,12(3)11(10)2)14(5)15-8-9-16-14/h12H,6-9H2,1-5H3. The molecule has 0 radical (unpaired) electrons. The summed E-state index contributed by atoms with van der Waals surface area (Å²) in [5.74, 6) is 0.137. The van der Waals surface area contributed by atoms with Crippen molar-refractivity contribution in [2.75, 3.05) is 13.2 Å². The molecule has 0 bridgehead atoms. The molecule has 2 nitrogen and oxygen atoms in total. The first-order valence-corrected chi connectivity index (χ1v) is 6.35. The summed E-state index contributed by atoms with van der Waals surface area (Å²) in [4.78, 5) is 0. The largest absolute Gasteiger partial charge is 0.347 e. The average Bonchev–Trinajstić information content (AvgIpc) is 2.70. The summed E-state index contributed by atoms with van der Waals surface area (Å²) in [6.07, 6.45) is 2.34. The first kappa shape index (κ1) is 12.1. The number of hydrogen-bond donors (Lipinski definition) is 0. The second kappa shape index (κ2) is 3.85. The van der Waals surface area contributed by atoms with E-state index in [1.807, 2.05) is 0 Å². The van der Waals surface area contributed by atoms with Gasteiger partial charge in [-0.3, -0.25) is 0 Å². The molecule has 1 aliphatic heterocycles. The first-order chi connectivity index (χ1) is 7.41. The summed E-state index contributed by atoms with van der Waals surface area (Å²) in [7, 11) is 0. The Kier molecular flexibility index (Phi) is 2.92. The Morgan fingerprint density at radius 3 is 2.25 bits per heavy atom. The molecule has 0 N–H and O–H groups in total. The highest BCUT2D eigenvalue weighted by atomic mass is 16.7. The minimum atomic E-state index is -0.394. The highest BCUT2D eigenvalue weighted by Gasteiger charge is 2.53. The van der Waals surface area contributed by atoms with Crippen molar-refractivity contribution in [3.05, 3.63) is 11.1 Å². The smallest absolute Gasteiger partial charge is 0.171 e. The zero-order valence-corrected chi connectivity index (χ0v) is 11.2. The molecule has 0 saturated carbocycles. The predicted octanol–water partition coefficient (Wildman–Crippen LogP) is 3.52. The highest BCUT2D eigenvalue weighted by molar-refractivity contribution is 5.21. The van der Waals surface area contributed by atoms with E-state index >= 15 is 0 Å². The Balaban J connectivity index is 2.33. The van der Waals surface area contributed by atoms with Crippen LogP contribution in [0.25, 0.3) is 0 Å². The molecule has 2 heteroatoms. The van der Waals surface area contributed by atoms with Crippen LogP contribution >= 0.6 is 0 Å². The van der Waals surface area contributed by atoms with Crippen LogP contribution in [-0.2, 0) is 9.47 Å². The van der Waals surface area contributed by atoms with E-state index in [0.29, 0.717) is 5.92 Å². The topological polar surface area (TPSA) is 18.5 Å². The van der Waals surface area contributed by atoms with Crippen LogP contribution in [0.1, 0.15) is 47.5 Å². The second-order valence-corrected chi connectivity index (χ2v) is 5.75. The number of hydrogen-bond acceptors (Lipinski definition) is 2. The van der Waals surface area contributed by atoms with Crippen LogP contribution in [0.3, 0.4) is 0 Å². The molecule has 92 valence electrons. The lowest BCUT2D eigenvalue weighted by Crippen LogP contribution is -2.50. The van der Waals surface area contributed by atoms with Crippen LogP contribution in [0.5, 0.6) is 0 Å². The zero-order valence-electron chi connectivity index (χ0n) is 11.2. The summed E-state index contributed by atoms with van der Waals surface area (Å²) in [6.45, 7) is 12.7. The third kappa shape index (κ3) is 1.54. The number of rotatable bonds is 1. The summed E-state index contributed by atoms with van der Waals surface area (Å²) in [6, 6.07) is 0. The first-order valence-electron chi connectivity index (χ1n) is 6.35. The third-order valence-corrected chi connectivity index (χ3v) is 5.17. The summed E-state index contributed by atoms with van der Waals surface area (Å²) < 4.78 is 11.8. The average molecular weight is 224 g/mol. The SMILES string of the molecule is CC1=C(C)C(C)C(C)(C2(C)OCCO2)CC1. The van der Waals surface area contributed by atoms with Gasteiger partial charge in [-0.15, -0.1) is 0 Å². The summed E-state index contributed by atoms with van der Waals surface area (Å²) in [5.41, 5.74) is 3.17. The molecule has 1 fully saturated rings. The molecular weight excluding hydrogens is 200 g/mol. The third-order valence-electron chi connectivity index (χ3n) is 5.17. The molecule has 0 aromatic carbocycles. The zero-order chi connectivity index (χ0) is 12.0. The van der Waals surface area contributed by atoms with Crippen LogP contribution < -0.4 is 0 Å². The van der Waals surface area contributed by atoms with E-state index < -0.39 is 5.79 Å². The van der Waals surface area contributed by atoms with Crippen molar-refractivity contribution in [1.82, 2.24) is 0 Å². The molecule has 1 aliphatic carbocycles. The van der Waals surface area contributed by atoms with Crippen LogP contribution in [0, 0.1) is 11.3 Å². The maximum absolute atomic E-state index is 5.89. The van der Waals surface area contributed by atoms with Crippen molar-refractivity contribution >= 4 is 0 Å². The van der Waals surface area contributed by atoms with E-state index in [9.17, 15) is 0 Å². The Labute approximate surface area is 99.0 Å². The van der Waals surface area contributed by atoms with Gasteiger partial charge in [-0.1, -0.05) is 25.0 Å². The molecule has 2 atom stereocenters. The molecule has 0 aromatic heterocycles. The molecule has 2 aliphatic rings.